The number of ether oxygens (including phenoxy) is 3. The molecule has 0 aliphatic heterocycles. The van der Waals surface area contributed by atoms with Crippen molar-refractivity contribution < 1.29 is 28.5 Å². The second kappa shape index (κ2) is 8.54. The number of alkyl carbamates (subject to hydrolysis) is 1. The second-order valence-corrected chi connectivity index (χ2v) is 6.94. The molecule has 1 amide bonds. The van der Waals surface area contributed by atoms with Crippen molar-refractivity contribution in [1.82, 2.24) is 20.5 Å². The second-order valence-electron chi connectivity index (χ2n) is 4.95. The van der Waals surface area contributed by atoms with Crippen LogP contribution in [0.25, 0.3) is 0 Å². The molecule has 0 aliphatic carbocycles. The lowest BCUT2D eigenvalue weighted by molar-refractivity contribution is 0.150. The zero-order valence-electron chi connectivity index (χ0n) is 14.4. The van der Waals surface area contributed by atoms with Gasteiger partial charge in [0.2, 0.25) is 5.95 Å². The molecule has 1 aromatic carbocycles. The van der Waals surface area contributed by atoms with Crippen molar-refractivity contribution in [2.75, 3.05) is 25.9 Å². The van der Waals surface area contributed by atoms with E-state index in [4.69, 9.17) is 14.2 Å². The molecule has 0 radical (unpaired) electrons. The van der Waals surface area contributed by atoms with Crippen molar-refractivity contribution >= 4 is 19.6 Å². The van der Waals surface area contributed by atoms with E-state index < -0.39 is 19.4 Å². The van der Waals surface area contributed by atoms with E-state index in [0.29, 0.717) is 17.1 Å². The lowest BCUT2D eigenvalue weighted by atomic mass is 10.2. The fourth-order valence-corrected chi connectivity index (χ4v) is 3.54. The minimum Gasteiger partial charge on any atom is -0.493 e. The predicted molar refractivity (Wildman–Crippen MR) is 92.3 cm³/mol. The predicted octanol–water partition coefficient (Wildman–Crippen LogP) is 1.86. The monoisotopic (exact) mass is 385 g/mol. The summed E-state index contributed by atoms with van der Waals surface area (Å²) in [5, 5.41) is 10.8. The summed E-state index contributed by atoms with van der Waals surface area (Å²) in [6.07, 6.45) is 0.327. The highest BCUT2D eigenvalue weighted by molar-refractivity contribution is 7.59. The number of nitrogens with zero attached hydrogens (tertiary/aromatic N) is 2. The number of amides is 1. The van der Waals surface area contributed by atoms with Crippen LogP contribution in [0.1, 0.15) is 18.3 Å². The number of carbonyl (C=O) groups is 1. The summed E-state index contributed by atoms with van der Waals surface area (Å²) in [4.78, 5) is 26.1. The lowest BCUT2D eigenvalue weighted by Crippen LogP contribution is -2.30. The number of H-pyrrole nitrogens is 1. The number of carbonyl (C=O) groups excluding carboxylic acids is 1. The first-order valence-electron chi connectivity index (χ1n) is 7.52. The van der Waals surface area contributed by atoms with Gasteiger partial charge in [0.1, 0.15) is 6.33 Å². The Kier molecular flexibility index (Phi) is 6.42. The van der Waals surface area contributed by atoms with Crippen LogP contribution < -0.4 is 19.9 Å². The lowest BCUT2D eigenvalue weighted by Gasteiger charge is -2.25. The van der Waals surface area contributed by atoms with E-state index in [1.165, 1.54) is 32.7 Å². The minimum absolute atomic E-state index is 0.0213. The van der Waals surface area contributed by atoms with Crippen LogP contribution in [0.5, 0.6) is 11.5 Å². The molecular formula is C14H20N5O6P. The third-order valence-corrected chi connectivity index (χ3v) is 4.94. The van der Waals surface area contributed by atoms with Gasteiger partial charge in [-0.15, -0.1) is 0 Å². The van der Waals surface area contributed by atoms with Gasteiger partial charge in [-0.2, -0.15) is 10.1 Å². The third-order valence-electron chi connectivity index (χ3n) is 3.28. The van der Waals surface area contributed by atoms with Gasteiger partial charge in [0.05, 0.1) is 20.8 Å². The zero-order chi connectivity index (χ0) is 19.2. The Labute approximate surface area is 149 Å². The first-order valence-corrected chi connectivity index (χ1v) is 9.25. The molecule has 0 bridgehead atoms. The number of benzene rings is 1. The Morgan fingerprint density at radius 2 is 2.08 bits per heavy atom. The maximum atomic E-state index is 12.9. The number of nitrogens with one attached hydrogen (secondary N) is 3. The molecule has 0 saturated heterocycles. The Hall–Kier alpha value is -2.78. The third kappa shape index (κ3) is 4.64. The first kappa shape index (κ1) is 19.5. The van der Waals surface area contributed by atoms with Crippen LogP contribution >= 0.6 is 7.52 Å². The van der Waals surface area contributed by atoms with Crippen LogP contribution in [0.2, 0.25) is 0 Å². The van der Waals surface area contributed by atoms with Crippen LogP contribution in [-0.2, 0) is 9.30 Å². The van der Waals surface area contributed by atoms with Crippen molar-refractivity contribution in [3.05, 3.63) is 30.1 Å². The van der Waals surface area contributed by atoms with Gasteiger partial charge in [-0.3, -0.25) is 9.65 Å². The van der Waals surface area contributed by atoms with Crippen LogP contribution in [0, 0.1) is 0 Å². The molecule has 2 rings (SSSR count). The van der Waals surface area contributed by atoms with E-state index in [1.54, 1.807) is 13.0 Å². The molecule has 142 valence electrons. The summed E-state index contributed by atoms with van der Waals surface area (Å²) in [7, 11) is -1.34. The average Bonchev–Trinajstić information content (AvgIpc) is 3.11. The van der Waals surface area contributed by atoms with E-state index in [0.717, 1.165) is 0 Å². The average molecular weight is 385 g/mol. The normalized spacial score (nSPS) is 14.0. The summed E-state index contributed by atoms with van der Waals surface area (Å²) in [6.45, 7) is 1.73. The molecule has 11 nitrogen and oxygen atoms in total. The Balaban J connectivity index is 2.40. The van der Waals surface area contributed by atoms with Gasteiger partial charge in [0.25, 0.3) is 0 Å². The van der Waals surface area contributed by atoms with Crippen LogP contribution in [0.3, 0.4) is 0 Å². The van der Waals surface area contributed by atoms with E-state index in [2.05, 4.69) is 25.6 Å². The summed E-state index contributed by atoms with van der Waals surface area (Å²) in [5.41, 5.74) is 0.300. The Morgan fingerprint density at radius 3 is 2.65 bits per heavy atom. The molecule has 2 atom stereocenters. The smallest absolute Gasteiger partial charge is 0.408 e. The largest absolute Gasteiger partial charge is 0.493 e. The fourth-order valence-electron chi connectivity index (χ4n) is 2.16. The van der Waals surface area contributed by atoms with Gasteiger partial charge in [-0.05, 0) is 24.6 Å². The topological polar surface area (TPSA) is 148 Å². The number of anilines is 1. The van der Waals surface area contributed by atoms with Crippen LogP contribution in [0.4, 0.5) is 10.7 Å². The molecule has 1 heterocycles. The molecule has 12 heteroatoms. The van der Waals surface area contributed by atoms with Crippen molar-refractivity contribution in [1.29, 1.82) is 0 Å². The molecule has 4 N–H and O–H groups in total. The van der Waals surface area contributed by atoms with Gasteiger partial charge in [0, 0.05) is 0 Å². The molecule has 1 unspecified atom stereocenters. The SMILES string of the molecule is CCOC(=O)N[C@H](c1ccc(OC)c(OC)c1)P(=O)(O)Nc1ncn[nH]1. The van der Waals surface area contributed by atoms with Gasteiger partial charge in [-0.25, -0.2) is 9.89 Å². The van der Waals surface area contributed by atoms with Crippen molar-refractivity contribution in [3.8, 4) is 11.5 Å². The summed E-state index contributed by atoms with van der Waals surface area (Å²) < 4.78 is 28.1. The Bertz CT molecular complexity index is 784. The number of hydrogen-bond acceptors (Lipinski definition) is 7. The maximum Gasteiger partial charge on any atom is 0.408 e. The highest BCUT2D eigenvalue weighted by atomic mass is 31.2. The van der Waals surface area contributed by atoms with Crippen molar-refractivity contribution in [2.45, 2.75) is 12.7 Å². The molecular weight excluding hydrogens is 365 g/mol. The maximum absolute atomic E-state index is 12.9. The van der Waals surface area contributed by atoms with Crippen molar-refractivity contribution in [2.24, 2.45) is 0 Å². The number of hydrogen-bond donors (Lipinski definition) is 4. The number of aromatic amines is 1. The number of rotatable bonds is 8. The summed E-state index contributed by atoms with van der Waals surface area (Å²) >= 11 is 0. The zero-order valence-corrected chi connectivity index (χ0v) is 15.3. The standard InChI is InChI=1S/C14H20N5O6P/c1-4-25-14(20)17-12(26(21,22)19-13-15-8-16-18-13)9-5-6-10(23-2)11(7-9)24-3/h5-8,12H,4H2,1-3H3,(H,17,20)(H3,15,16,18,19,21,22)/t12-/m0/s1. The molecule has 0 aliphatic rings. The number of methoxy groups -OCH3 is 2. The van der Waals surface area contributed by atoms with E-state index >= 15 is 0 Å². The van der Waals surface area contributed by atoms with Gasteiger partial charge in [-0.1, -0.05) is 6.07 Å². The highest BCUT2D eigenvalue weighted by Gasteiger charge is 2.36. The fraction of sp³-hybridized carbons (Fsp3) is 0.357. The highest BCUT2D eigenvalue weighted by Crippen LogP contribution is 2.53. The van der Waals surface area contributed by atoms with Gasteiger partial charge < -0.3 is 24.4 Å². The molecule has 0 fully saturated rings. The van der Waals surface area contributed by atoms with Crippen molar-refractivity contribution in [3.63, 3.8) is 0 Å². The molecule has 0 saturated carbocycles. The molecule has 2 aromatic rings. The van der Waals surface area contributed by atoms with Crippen LogP contribution in [-0.4, -0.2) is 47.0 Å². The summed E-state index contributed by atoms with van der Waals surface area (Å²) in [5.74, 6) is -0.596. The first-order chi connectivity index (χ1) is 12.4. The van der Waals surface area contributed by atoms with E-state index in [-0.39, 0.29) is 12.6 Å². The molecule has 26 heavy (non-hydrogen) atoms. The van der Waals surface area contributed by atoms with E-state index in [9.17, 15) is 14.3 Å². The van der Waals surface area contributed by atoms with Gasteiger partial charge >= 0.3 is 13.6 Å². The summed E-state index contributed by atoms with van der Waals surface area (Å²) in [6, 6.07) is 4.58. The molecule has 0 spiro atoms. The molecule has 1 aromatic heterocycles. The minimum atomic E-state index is -4.24. The number of aromatic nitrogens is 3. The van der Waals surface area contributed by atoms with Crippen LogP contribution in [0.15, 0.2) is 24.5 Å². The van der Waals surface area contributed by atoms with E-state index in [1.807, 2.05) is 0 Å². The quantitative estimate of drug-likeness (QED) is 0.500. The Morgan fingerprint density at radius 1 is 1.35 bits per heavy atom. The van der Waals surface area contributed by atoms with Gasteiger partial charge in [0.15, 0.2) is 17.3 Å².